The first-order chi connectivity index (χ1) is 12.3. The molecule has 1 fully saturated rings. The van der Waals surface area contributed by atoms with Crippen molar-refractivity contribution in [2.45, 2.75) is 29.1 Å². The Labute approximate surface area is 160 Å². The van der Waals surface area contributed by atoms with Crippen LogP contribution in [0.1, 0.15) is 10.6 Å². The summed E-state index contributed by atoms with van der Waals surface area (Å²) in [7, 11) is 0. The van der Waals surface area contributed by atoms with Crippen molar-refractivity contribution in [1.82, 2.24) is 9.88 Å². The maximum atomic E-state index is 12.0. The van der Waals surface area contributed by atoms with Gasteiger partial charge in [0, 0.05) is 22.0 Å². The standard InChI is InChI=1S/C14H15N3O6S3/c1-5-7(2-8(18)19)26-13(16-5)25-4-6-3-24-12-9(15)10(20)17(12)11(6)23-14(21)22/h9,12H,2-4,15H2,1H3,(H,18,19)(H,21,22)/t9-,12+/m1/s1. The minimum absolute atomic E-state index is 0.0273. The van der Waals surface area contributed by atoms with Gasteiger partial charge in [0.25, 0.3) is 0 Å². The number of carbonyl (C=O) groups is 3. The van der Waals surface area contributed by atoms with Gasteiger partial charge in [-0.2, -0.15) is 0 Å². The minimum atomic E-state index is -1.49. The molecule has 1 aromatic rings. The second kappa shape index (κ2) is 7.47. The zero-order chi connectivity index (χ0) is 19.0. The highest BCUT2D eigenvalue weighted by molar-refractivity contribution is 8.01. The van der Waals surface area contributed by atoms with Crippen molar-refractivity contribution < 1.29 is 29.3 Å². The number of nitrogens with two attached hydrogens (primary N) is 1. The fourth-order valence-electron chi connectivity index (χ4n) is 2.52. The van der Waals surface area contributed by atoms with E-state index in [-0.39, 0.29) is 23.6 Å². The van der Waals surface area contributed by atoms with Crippen molar-refractivity contribution in [3.63, 3.8) is 0 Å². The molecule has 12 heteroatoms. The molecule has 4 N–H and O–H groups in total. The Morgan fingerprint density at radius 1 is 1.46 bits per heavy atom. The largest absolute Gasteiger partial charge is 0.512 e. The van der Waals surface area contributed by atoms with E-state index in [9.17, 15) is 14.4 Å². The summed E-state index contributed by atoms with van der Waals surface area (Å²) in [5, 5.41) is 17.6. The lowest BCUT2D eigenvalue weighted by molar-refractivity contribution is -0.144. The Balaban J connectivity index is 1.76. The fourth-order valence-corrected chi connectivity index (χ4v) is 6.14. The topological polar surface area (TPSA) is 143 Å². The van der Waals surface area contributed by atoms with Crippen LogP contribution in [0.15, 0.2) is 15.8 Å². The highest BCUT2D eigenvalue weighted by Gasteiger charge is 2.51. The van der Waals surface area contributed by atoms with Crippen molar-refractivity contribution >= 4 is 52.9 Å². The smallest absolute Gasteiger partial charge is 0.481 e. The van der Waals surface area contributed by atoms with Crippen LogP contribution in [0.25, 0.3) is 0 Å². The van der Waals surface area contributed by atoms with E-state index in [1.807, 2.05) is 0 Å². The second-order valence-corrected chi connectivity index (χ2v) is 8.97. The van der Waals surface area contributed by atoms with E-state index >= 15 is 0 Å². The van der Waals surface area contributed by atoms with Gasteiger partial charge in [-0.3, -0.25) is 14.5 Å². The highest BCUT2D eigenvalue weighted by Crippen LogP contribution is 2.41. The van der Waals surface area contributed by atoms with E-state index in [0.717, 1.165) is 0 Å². The molecule has 1 amide bonds. The van der Waals surface area contributed by atoms with Gasteiger partial charge in [0.05, 0.1) is 12.1 Å². The van der Waals surface area contributed by atoms with Crippen molar-refractivity contribution in [3.8, 4) is 0 Å². The second-order valence-electron chi connectivity index (χ2n) is 5.56. The molecular formula is C14H15N3O6S3. The summed E-state index contributed by atoms with van der Waals surface area (Å²) in [4.78, 5) is 40.1. The lowest BCUT2D eigenvalue weighted by Crippen LogP contribution is -2.68. The summed E-state index contributed by atoms with van der Waals surface area (Å²) >= 11 is 4.10. The van der Waals surface area contributed by atoms with Crippen LogP contribution in [-0.4, -0.2) is 61.1 Å². The van der Waals surface area contributed by atoms with Crippen LogP contribution in [0, 0.1) is 6.92 Å². The van der Waals surface area contributed by atoms with Gasteiger partial charge >= 0.3 is 12.1 Å². The number of amides is 1. The van der Waals surface area contributed by atoms with E-state index in [1.54, 1.807) is 6.92 Å². The molecule has 0 unspecified atom stereocenters. The summed E-state index contributed by atoms with van der Waals surface area (Å²) in [6.45, 7) is 1.75. The molecule has 3 heterocycles. The quantitative estimate of drug-likeness (QED) is 0.352. The number of β-lactam (4-membered cyclic amide) rings is 1. The molecule has 0 radical (unpaired) electrons. The number of fused-ring (bicyclic) bond motifs is 1. The molecular weight excluding hydrogens is 402 g/mol. The third-order valence-electron chi connectivity index (χ3n) is 3.77. The molecule has 1 aromatic heterocycles. The average molecular weight is 417 g/mol. The number of aryl methyl sites for hydroxylation is 1. The van der Waals surface area contributed by atoms with Gasteiger partial charge < -0.3 is 20.7 Å². The monoisotopic (exact) mass is 417 g/mol. The molecule has 26 heavy (non-hydrogen) atoms. The number of nitrogens with zero attached hydrogens (tertiary/aromatic N) is 2. The number of thioether (sulfide) groups is 2. The maximum absolute atomic E-state index is 12.0. The first kappa shape index (κ1) is 19.0. The number of ether oxygens (including phenoxy) is 1. The van der Waals surface area contributed by atoms with Gasteiger partial charge in [0.2, 0.25) is 11.8 Å². The SMILES string of the molecule is Cc1nc(SCC2=C(OC(=O)O)N3C(=O)[C@@H](N)[C@@H]3SC2)sc1CC(=O)O. The van der Waals surface area contributed by atoms with Gasteiger partial charge in [0.1, 0.15) is 11.4 Å². The van der Waals surface area contributed by atoms with E-state index in [1.165, 1.54) is 39.8 Å². The maximum Gasteiger partial charge on any atom is 0.512 e. The molecule has 2 atom stereocenters. The van der Waals surface area contributed by atoms with E-state index in [4.69, 9.17) is 20.7 Å². The van der Waals surface area contributed by atoms with Gasteiger partial charge in [-0.05, 0) is 6.92 Å². The zero-order valence-corrected chi connectivity index (χ0v) is 15.9. The Morgan fingerprint density at radius 3 is 2.85 bits per heavy atom. The van der Waals surface area contributed by atoms with Gasteiger partial charge in [-0.15, -0.1) is 23.1 Å². The van der Waals surface area contributed by atoms with Crippen LogP contribution in [0.5, 0.6) is 0 Å². The molecule has 3 rings (SSSR count). The highest BCUT2D eigenvalue weighted by atomic mass is 32.2. The number of hydrogen-bond donors (Lipinski definition) is 3. The zero-order valence-electron chi connectivity index (χ0n) is 13.5. The first-order valence-electron chi connectivity index (χ1n) is 7.42. The number of hydrogen-bond acceptors (Lipinski definition) is 9. The van der Waals surface area contributed by atoms with Crippen LogP contribution in [0.4, 0.5) is 4.79 Å². The van der Waals surface area contributed by atoms with Crippen molar-refractivity contribution in [1.29, 1.82) is 0 Å². The molecule has 2 aliphatic heterocycles. The molecule has 1 saturated heterocycles. The van der Waals surface area contributed by atoms with Crippen LogP contribution in [-0.2, 0) is 20.7 Å². The molecule has 0 saturated carbocycles. The fraction of sp³-hybridized carbons (Fsp3) is 0.429. The molecule has 0 aliphatic carbocycles. The van der Waals surface area contributed by atoms with E-state index in [2.05, 4.69) is 4.98 Å². The number of rotatable bonds is 6. The summed E-state index contributed by atoms with van der Waals surface area (Å²) in [5.41, 5.74) is 7.06. The number of aliphatic carboxylic acids is 1. The molecule has 140 valence electrons. The predicted octanol–water partition coefficient (Wildman–Crippen LogP) is 1.32. The molecule has 0 spiro atoms. The number of thiazole rings is 1. The Morgan fingerprint density at radius 2 is 2.19 bits per heavy atom. The number of aromatic nitrogens is 1. The van der Waals surface area contributed by atoms with Crippen LogP contribution < -0.4 is 5.73 Å². The van der Waals surface area contributed by atoms with Gasteiger partial charge in [0.15, 0.2) is 4.34 Å². The Hall–Kier alpha value is -1.76. The first-order valence-corrected chi connectivity index (χ1v) is 10.3. The summed E-state index contributed by atoms with van der Waals surface area (Å²) in [6, 6.07) is -0.651. The number of carbonyl (C=O) groups excluding carboxylic acids is 1. The predicted molar refractivity (Wildman–Crippen MR) is 96.1 cm³/mol. The van der Waals surface area contributed by atoms with Crippen LogP contribution in [0.3, 0.4) is 0 Å². The molecule has 2 aliphatic rings. The molecule has 0 aromatic carbocycles. The lowest BCUT2D eigenvalue weighted by Gasteiger charge is -2.47. The van der Waals surface area contributed by atoms with Crippen LogP contribution in [0.2, 0.25) is 0 Å². The van der Waals surface area contributed by atoms with Crippen molar-refractivity contribution in [2.75, 3.05) is 11.5 Å². The van der Waals surface area contributed by atoms with Crippen molar-refractivity contribution in [3.05, 3.63) is 22.0 Å². The third-order valence-corrected chi connectivity index (χ3v) is 7.52. The Kier molecular flexibility index (Phi) is 5.46. The van der Waals surface area contributed by atoms with Gasteiger partial charge in [-0.25, -0.2) is 9.78 Å². The van der Waals surface area contributed by atoms with Crippen molar-refractivity contribution in [2.24, 2.45) is 5.73 Å². The minimum Gasteiger partial charge on any atom is -0.481 e. The molecule has 0 bridgehead atoms. The summed E-state index contributed by atoms with van der Waals surface area (Å²) < 4.78 is 5.53. The van der Waals surface area contributed by atoms with E-state index in [0.29, 0.717) is 32.0 Å². The summed E-state index contributed by atoms with van der Waals surface area (Å²) in [5.74, 6) is -0.393. The summed E-state index contributed by atoms with van der Waals surface area (Å²) in [6.07, 6.45) is -1.58. The average Bonchev–Trinajstić information content (AvgIpc) is 2.91. The normalized spacial score (nSPS) is 22.1. The number of carboxylic acids is 1. The van der Waals surface area contributed by atoms with Crippen LogP contribution >= 0.6 is 34.9 Å². The van der Waals surface area contributed by atoms with Gasteiger partial charge in [-0.1, -0.05) is 11.8 Å². The molecule has 9 nitrogen and oxygen atoms in total. The third kappa shape index (κ3) is 3.68. The van der Waals surface area contributed by atoms with E-state index < -0.39 is 18.2 Å². The Bertz CT molecular complexity index is 808. The number of carboxylic acid groups (broad SMARTS) is 2. The lowest BCUT2D eigenvalue weighted by atomic mass is 10.1.